The third-order valence-corrected chi connectivity index (χ3v) is 4.69. The minimum Gasteiger partial charge on any atom is -0.487 e. The highest BCUT2D eigenvalue weighted by molar-refractivity contribution is 5.80. The van der Waals surface area contributed by atoms with Gasteiger partial charge in [-0.2, -0.15) is 0 Å². The molecule has 2 heterocycles. The van der Waals surface area contributed by atoms with Crippen molar-refractivity contribution in [1.29, 1.82) is 0 Å². The number of hydrogen-bond donors (Lipinski definition) is 1. The van der Waals surface area contributed by atoms with Gasteiger partial charge in [-0.3, -0.25) is 14.5 Å². The molecule has 2 aliphatic heterocycles. The minimum absolute atomic E-state index is 0.0296. The molecule has 1 unspecified atom stereocenters. The first-order valence-electron chi connectivity index (χ1n) is 8.54. The highest BCUT2D eigenvalue weighted by Crippen LogP contribution is 2.24. The Morgan fingerprint density at radius 2 is 2.08 bits per heavy atom. The Labute approximate surface area is 142 Å². The summed E-state index contributed by atoms with van der Waals surface area (Å²) in [5.74, 6) is 0.669. The lowest BCUT2D eigenvalue weighted by molar-refractivity contribution is -0.146. The molecule has 0 radical (unpaired) electrons. The van der Waals surface area contributed by atoms with Crippen LogP contribution < -0.4 is 10.5 Å². The molecular formula is C18H25N3O3. The Hall–Kier alpha value is -2.08. The number of ether oxygens (including phenoxy) is 1. The van der Waals surface area contributed by atoms with Crippen LogP contribution >= 0.6 is 0 Å². The Morgan fingerprint density at radius 3 is 2.79 bits per heavy atom. The summed E-state index contributed by atoms with van der Waals surface area (Å²) in [6.07, 6.45) is 1.88. The number of rotatable bonds is 5. The van der Waals surface area contributed by atoms with E-state index in [0.29, 0.717) is 19.6 Å². The van der Waals surface area contributed by atoms with E-state index in [4.69, 9.17) is 10.5 Å². The predicted molar refractivity (Wildman–Crippen MR) is 90.5 cm³/mol. The number of likely N-dealkylation sites (tertiary alicyclic amines) is 2. The van der Waals surface area contributed by atoms with Gasteiger partial charge in [-0.15, -0.1) is 0 Å². The van der Waals surface area contributed by atoms with Gasteiger partial charge in [0.25, 0.3) is 0 Å². The van der Waals surface area contributed by atoms with E-state index < -0.39 is 0 Å². The van der Waals surface area contributed by atoms with Gasteiger partial charge >= 0.3 is 0 Å². The molecule has 6 nitrogen and oxygen atoms in total. The number of carbonyl (C=O) groups is 2. The quantitative estimate of drug-likeness (QED) is 0.865. The van der Waals surface area contributed by atoms with Crippen LogP contribution in [0.25, 0.3) is 0 Å². The predicted octanol–water partition coefficient (Wildman–Crippen LogP) is 0.782. The van der Waals surface area contributed by atoms with Gasteiger partial charge in [0, 0.05) is 6.54 Å². The third-order valence-electron chi connectivity index (χ3n) is 4.69. The minimum atomic E-state index is -0.335. The number of hydrogen-bond acceptors (Lipinski definition) is 4. The standard InChI is InChI=1S/C18H25N3O3/c1-13-4-2-6-15(8-13)24-16-10-21(11-16)18(23)14-5-3-7-20(9-14)12-17(19)22/h2,4,6,8,14,16H,3,5,7,9-12H2,1H3,(H2,19,22). The van der Waals surface area contributed by atoms with Crippen LogP contribution in [0.5, 0.6) is 5.75 Å². The molecule has 0 saturated carbocycles. The molecule has 130 valence electrons. The molecular weight excluding hydrogens is 306 g/mol. The lowest BCUT2D eigenvalue weighted by atomic mass is 9.95. The van der Waals surface area contributed by atoms with Gasteiger partial charge in [-0.1, -0.05) is 12.1 Å². The maximum absolute atomic E-state index is 12.6. The number of nitrogens with zero attached hydrogens (tertiary/aromatic N) is 2. The van der Waals surface area contributed by atoms with Crippen molar-refractivity contribution in [2.45, 2.75) is 25.9 Å². The first kappa shape index (κ1) is 16.8. The second-order valence-electron chi connectivity index (χ2n) is 6.84. The molecule has 1 atom stereocenters. The third kappa shape index (κ3) is 4.06. The zero-order valence-corrected chi connectivity index (χ0v) is 14.1. The molecule has 0 spiro atoms. The number of benzene rings is 1. The van der Waals surface area contributed by atoms with Gasteiger partial charge in [0.1, 0.15) is 11.9 Å². The van der Waals surface area contributed by atoms with Crippen molar-refractivity contribution < 1.29 is 14.3 Å². The molecule has 0 aliphatic carbocycles. The van der Waals surface area contributed by atoms with E-state index in [2.05, 4.69) is 0 Å². The molecule has 3 rings (SSSR count). The molecule has 1 aromatic carbocycles. The summed E-state index contributed by atoms with van der Waals surface area (Å²) in [4.78, 5) is 27.5. The number of nitrogens with two attached hydrogens (primary N) is 1. The first-order valence-corrected chi connectivity index (χ1v) is 8.54. The van der Waals surface area contributed by atoms with Crippen molar-refractivity contribution in [3.05, 3.63) is 29.8 Å². The summed E-state index contributed by atoms with van der Waals surface area (Å²) in [6, 6.07) is 7.96. The van der Waals surface area contributed by atoms with Gasteiger partial charge in [0.05, 0.1) is 25.6 Å². The Bertz CT molecular complexity index is 613. The maximum atomic E-state index is 12.6. The molecule has 2 fully saturated rings. The zero-order valence-electron chi connectivity index (χ0n) is 14.1. The fourth-order valence-corrected chi connectivity index (χ4v) is 3.45. The number of piperidine rings is 1. The van der Waals surface area contributed by atoms with Crippen LogP contribution in [0, 0.1) is 12.8 Å². The van der Waals surface area contributed by atoms with Crippen LogP contribution in [0.2, 0.25) is 0 Å². The van der Waals surface area contributed by atoms with E-state index in [1.807, 2.05) is 41.0 Å². The zero-order chi connectivity index (χ0) is 17.1. The number of aryl methyl sites for hydroxylation is 1. The van der Waals surface area contributed by atoms with Crippen LogP contribution in [0.15, 0.2) is 24.3 Å². The summed E-state index contributed by atoms with van der Waals surface area (Å²) in [5, 5.41) is 0. The van der Waals surface area contributed by atoms with Gasteiger partial charge < -0.3 is 15.4 Å². The first-order chi connectivity index (χ1) is 11.5. The van der Waals surface area contributed by atoms with Crippen LogP contribution in [0.3, 0.4) is 0 Å². The number of primary amides is 1. The molecule has 0 aromatic heterocycles. The summed E-state index contributed by atoms with van der Waals surface area (Å²) in [6.45, 7) is 5.01. The Morgan fingerprint density at radius 1 is 1.29 bits per heavy atom. The second kappa shape index (κ2) is 7.21. The molecule has 6 heteroatoms. The van der Waals surface area contributed by atoms with Gasteiger partial charge in [0.2, 0.25) is 11.8 Å². The topological polar surface area (TPSA) is 75.9 Å². The van der Waals surface area contributed by atoms with Crippen molar-refractivity contribution >= 4 is 11.8 Å². The lowest BCUT2D eigenvalue weighted by Gasteiger charge is -2.42. The highest BCUT2D eigenvalue weighted by Gasteiger charge is 2.37. The van der Waals surface area contributed by atoms with Crippen LogP contribution in [0.1, 0.15) is 18.4 Å². The maximum Gasteiger partial charge on any atom is 0.231 e. The van der Waals surface area contributed by atoms with Crippen molar-refractivity contribution in [3.63, 3.8) is 0 Å². The molecule has 2 aliphatic rings. The summed E-state index contributed by atoms with van der Waals surface area (Å²) < 4.78 is 5.91. The molecule has 2 saturated heterocycles. The SMILES string of the molecule is Cc1cccc(OC2CN(C(=O)C3CCCN(CC(N)=O)C3)C2)c1. The van der Waals surface area contributed by atoms with Crippen molar-refractivity contribution in [3.8, 4) is 5.75 Å². The summed E-state index contributed by atoms with van der Waals surface area (Å²) in [7, 11) is 0. The van der Waals surface area contributed by atoms with Gasteiger partial charge in [-0.25, -0.2) is 0 Å². The molecule has 1 aromatic rings. The average molecular weight is 331 g/mol. The van der Waals surface area contributed by atoms with E-state index in [1.165, 1.54) is 0 Å². The summed E-state index contributed by atoms with van der Waals surface area (Å²) >= 11 is 0. The molecule has 0 bridgehead atoms. The molecule has 24 heavy (non-hydrogen) atoms. The van der Waals surface area contributed by atoms with Crippen LogP contribution in [0.4, 0.5) is 0 Å². The Balaban J connectivity index is 1.46. The van der Waals surface area contributed by atoms with Crippen molar-refractivity contribution in [1.82, 2.24) is 9.80 Å². The highest BCUT2D eigenvalue weighted by atomic mass is 16.5. The smallest absolute Gasteiger partial charge is 0.231 e. The largest absolute Gasteiger partial charge is 0.487 e. The van der Waals surface area contributed by atoms with E-state index in [0.717, 1.165) is 30.7 Å². The second-order valence-corrected chi connectivity index (χ2v) is 6.84. The van der Waals surface area contributed by atoms with E-state index in [-0.39, 0.29) is 30.4 Å². The van der Waals surface area contributed by atoms with Gasteiger partial charge in [-0.05, 0) is 44.0 Å². The number of carbonyl (C=O) groups excluding carboxylic acids is 2. The lowest BCUT2D eigenvalue weighted by Crippen LogP contribution is -2.59. The number of amides is 2. The normalized spacial score (nSPS) is 22.0. The van der Waals surface area contributed by atoms with Crippen molar-refractivity contribution in [2.75, 3.05) is 32.7 Å². The van der Waals surface area contributed by atoms with E-state index >= 15 is 0 Å². The van der Waals surface area contributed by atoms with E-state index in [1.54, 1.807) is 0 Å². The van der Waals surface area contributed by atoms with E-state index in [9.17, 15) is 9.59 Å². The van der Waals surface area contributed by atoms with Gasteiger partial charge in [0.15, 0.2) is 0 Å². The fourth-order valence-electron chi connectivity index (χ4n) is 3.45. The van der Waals surface area contributed by atoms with Crippen LogP contribution in [-0.4, -0.2) is 60.4 Å². The summed E-state index contributed by atoms with van der Waals surface area (Å²) in [5.41, 5.74) is 6.42. The monoisotopic (exact) mass is 331 g/mol. The Kier molecular flexibility index (Phi) is 5.04. The molecule has 2 N–H and O–H groups in total. The fraction of sp³-hybridized carbons (Fsp3) is 0.556. The molecule has 2 amide bonds. The average Bonchev–Trinajstić information content (AvgIpc) is 2.49. The van der Waals surface area contributed by atoms with Crippen molar-refractivity contribution in [2.24, 2.45) is 11.7 Å². The van der Waals surface area contributed by atoms with Crippen LogP contribution in [-0.2, 0) is 9.59 Å².